The average molecular weight is 338 g/mol. The Balaban J connectivity index is 1.79. The molecule has 0 N–H and O–H groups in total. The van der Waals surface area contributed by atoms with Crippen LogP contribution in [0.5, 0.6) is 0 Å². The lowest BCUT2D eigenvalue weighted by Crippen LogP contribution is -2.35. The van der Waals surface area contributed by atoms with E-state index in [1.807, 2.05) is 25.4 Å². The summed E-state index contributed by atoms with van der Waals surface area (Å²) in [6.45, 7) is 4.42. The van der Waals surface area contributed by atoms with Crippen molar-refractivity contribution < 1.29 is 4.79 Å². The Hall–Kier alpha value is -0.910. The van der Waals surface area contributed by atoms with E-state index in [0.717, 1.165) is 26.1 Å². The molecule has 1 aliphatic rings. The minimum Gasteiger partial charge on any atom is -0.349 e. The largest absolute Gasteiger partial charge is 0.349 e. The fourth-order valence-electron chi connectivity index (χ4n) is 3.26. The highest BCUT2D eigenvalue weighted by Gasteiger charge is 2.21. The molecule has 4 nitrogen and oxygen atoms in total. The second-order valence-electron chi connectivity index (χ2n) is 7.23. The maximum atomic E-state index is 11.8. The number of rotatable bonds is 7. The summed E-state index contributed by atoms with van der Waals surface area (Å²) in [6.07, 6.45) is 4.26. The third-order valence-corrected chi connectivity index (χ3v) is 5.42. The Morgan fingerprint density at radius 1 is 1.35 bits per heavy atom. The molecule has 23 heavy (non-hydrogen) atoms. The molecule has 130 valence electrons. The first-order chi connectivity index (χ1) is 10.9. The molecule has 0 unspecified atom stereocenters. The number of amides is 1. The second kappa shape index (κ2) is 8.81. The van der Waals surface area contributed by atoms with Crippen molar-refractivity contribution >= 4 is 17.2 Å². The molecule has 1 atom stereocenters. The molecule has 0 bridgehead atoms. The zero-order chi connectivity index (χ0) is 16.8. The molecule has 5 heteroatoms. The lowest BCUT2D eigenvalue weighted by atomic mass is 9.93. The average Bonchev–Trinajstić information content (AvgIpc) is 2.91. The van der Waals surface area contributed by atoms with Gasteiger partial charge in [0, 0.05) is 45.0 Å². The molecule has 0 aliphatic carbocycles. The van der Waals surface area contributed by atoms with E-state index in [1.54, 1.807) is 4.90 Å². The Morgan fingerprint density at radius 3 is 2.83 bits per heavy atom. The van der Waals surface area contributed by atoms with E-state index in [-0.39, 0.29) is 5.91 Å². The first-order valence-electron chi connectivity index (χ1n) is 8.57. The maximum absolute atomic E-state index is 11.8. The molecule has 0 aromatic carbocycles. The predicted molar refractivity (Wildman–Crippen MR) is 97.6 cm³/mol. The van der Waals surface area contributed by atoms with Gasteiger partial charge in [-0.05, 0) is 62.8 Å². The van der Waals surface area contributed by atoms with Crippen molar-refractivity contribution in [3.05, 3.63) is 21.9 Å². The summed E-state index contributed by atoms with van der Waals surface area (Å²) in [5.74, 6) is 0.933. The molecule has 2 heterocycles. The lowest BCUT2D eigenvalue weighted by Gasteiger charge is -2.32. The molecule has 2 rings (SSSR count). The maximum Gasteiger partial charge on any atom is 0.222 e. The number of thiophene rings is 1. The van der Waals surface area contributed by atoms with E-state index in [9.17, 15) is 4.79 Å². The first-order valence-corrected chi connectivity index (χ1v) is 9.45. The zero-order valence-electron chi connectivity index (χ0n) is 15.0. The van der Waals surface area contributed by atoms with Gasteiger partial charge in [-0.2, -0.15) is 0 Å². The fraction of sp³-hybridized carbons (Fsp3) is 0.722. The molecule has 1 amide bonds. The quantitative estimate of drug-likeness (QED) is 0.765. The molecule has 0 radical (unpaired) electrons. The summed E-state index contributed by atoms with van der Waals surface area (Å²) in [7, 11) is 7.92. The van der Waals surface area contributed by atoms with Gasteiger partial charge >= 0.3 is 0 Å². The monoisotopic (exact) mass is 337 g/mol. The van der Waals surface area contributed by atoms with Crippen LogP contribution < -0.4 is 0 Å². The third-order valence-electron chi connectivity index (χ3n) is 4.45. The van der Waals surface area contributed by atoms with Crippen molar-refractivity contribution in [1.29, 1.82) is 0 Å². The molecule has 1 aliphatic heterocycles. The number of carbonyl (C=O) groups excluding carboxylic acids is 1. The number of likely N-dealkylation sites (tertiary alicyclic amines) is 1. The van der Waals surface area contributed by atoms with Gasteiger partial charge in [0.15, 0.2) is 0 Å². The molecule has 1 aromatic rings. The molecule has 1 fully saturated rings. The fourth-order valence-corrected chi connectivity index (χ4v) is 4.18. The molecule has 1 aromatic heterocycles. The van der Waals surface area contributed by atoms with Crippen molar-refractivity contribution in [2.75, 3.05) is 41.3 Å². The van der Waals surface area contributed by atoms with Crippen molar-refractivity contribution in [3.63, 3.8) is 0 Å². The van der Waals surface area contributed by atoms with E-state index in [4.69, 9.17) is 0 Å². The van der Waals surface area contributed by atoms with Gasteiger partial charge in [0.25, 0.3) is 0 Å². The van der Waals surface area contributed by atoms with Crippen LogP contribution in [0.15, 0.2) is 11.4 Å². The van der Waals surface area contributed by atoms with Gasteiger partial charge in [0.2, 0.25) is 5.91 Å². The number of hydrogen-bond donors (Lipinski definition) is 0. The summed E-state index contributed by atoms with van der Waals surface area (Å²) < 4.78 is 0. The molecular weight excluding hydrogens is 306 g/mol. The van der Waals surface area contributed by atoms with Crippen molar-refractivity contribution in [3.8, 4) is 0 Å². The minimum absolute atomic E-state index is 0.258. The van der Waals surface area contributed by atoms with Gasteiger partial charge in [0.1, 0.15) is 0 Å². The zero-order valence-corrected chi connectivity index (χ0v) is 15.9. The van der Waals surface area contributed by atoms with E-state index in [2.05, 4.69) is 35.3 Å². The number of nitrogens with zero attached hydrogens (tertiary/aromatic N) is 3. The molecule has 0 saturated carbocycles. The van der Waals surface area contributed by atoms with E-state index < -0.39 is 0 Å². The Bertz CT molecular complexity index is 498. The van der Waals surface area contributed by atoms with E-state index >= 15 is 0 Å². The van der Waals surface area contributed by atoms with Crippen LogP contribution in [0.3, 0.4) is 0 Å². The van der Waals surface area contributed by atoms with Gasteiger partial charge < -0.3 is 9.80 Å². The van der Waals surface area contributed by atoms with Crippen LogP contribution in [0, 0.1) is 5.92 Å². The summed E-state index contributed by atoms with van der Waals surface area (Å²) in [5.41, 5.74) is 1.42. The summed E-state index contributed by atoms with van der Waals surface area (Å²) in [6, 6.07) is 2.35. The van der Waals surface area contributed by atoms with Gasteiger partial charge in [-0.15, -0.1) is 11.3 Å². The smallest absolute Gasteiger partial charge is 0.222 e. The molecule has 0 spiro atoms. The highest BCUT2D eigenvalue weighted by atomic mass is 32.1. The van der Waals surface area contributed by atoms with Crippen LogP contribution in [0.1, 0.15) is 36.1 Å². The normalized spacial score (nSPS) is 19.3. The Kier molecular flexibility index (Phi) is 7.06. The third kappa shape index (κ3) is 6.24. The summed E-state index contributed by atoms with van der Waals surface area (Å²) >= 11 is 1.88. The van der Waals surface area contributed by atoms with Gasteiger partial charge in [-0.1, -0.05) is 0 Å². The van der Waals surface area contributed by atoms with Gasteiger partial charge in [-0.3, -0.25) is 9.69 Å². The predicted octanol–water partition coefficient (Wildman–Crippen LogP) is 2.89. The summed E-state index contributed by atoms with van der Waals surface area (Å²) in [4.78, 5) is 19.7. The number of carbonyl (C=O) groups is 1. The van der Waals surface area contributed by atoms with Crippen LogP contribution in [-0.4, -0.2) is 61.9 Å². The Labute approximate surface area is 145 Å². The van der Waals surface area contributed by atoms with Crippen LogP contribution >= 0.6 is 11.3 Å². The summed E-state index contributed by atoms with van der Waals surface area (Å²) in [5, 5.41) is 2.28. The van der Waals surface area contributed by atoms with Crippen molar-refractivity contribution in [2.24, 2.45) is 5.92 Å². The SMILES string of the molecule is CN(C)Cc1csc(CN2CCC[C@@H](CCC(=O)N(C)C)C2)c1. The van der Waals surface area contributed by atoms with Crippen LogP contribution in [0.25, 0.3) is 0 Å². The van der Waals surface area contributed by atoms with E-state index in [0.29, 0.717) is 12.3 Å². The molecule has 1 saturated heterocycles. The van der Waals surface area contributed by atoms with Crippen LogP contribution in [-0.2, 0) is 17.9 Å². The van der Waals surface area contributed by atoms with Crippen molar-refractivity contribution in [1.82, 2.24) is 14.7 Å². The second-order valence-corrected chi connectivity index (χ2v) is 8.23. The van der Waals surface area contributed by atoms with Gasteiger partial charge in [0.05, 0.1) is 0 Å². The molecular formula is C18H31N3OS. The highest BCUT2D eigenvalue weighted by molar-refractivity contribution is 7.10. The van der Waals surface area contributed by atoms with Crippen LogP contribution in [0.4, 0.5) is 0 Å². The number of hydrogen-bond acceptors (Lipinski definition) is 4. The topological polar surface area (TPSA) is 26.8 Å². The number of piperidine rings is 1. The van der Waals surface area contributed by atoms with Crippen LogP contribution in [0.2, 0.25) is 0 Å². The first kappa shape index (κ1) is 18.4. The standard InChI is InChI=1S/C18H31N3OS/c1-19(2)11-16-10-17(23-14-16)13-21-9-5-6-15(12-21)7-8-18(22)20(3)4/h10,14-15H,5-9,11-13H2,1-4H3/t15-/m0/s1. The van der Waals surface area contributed by atoms with Crippen molar-refractivity contribution in [2.45, 2.75) is 38.8 Å². The highest BCUT2D eigenvalue weighted by Crippen LogP contribution is 2.24. The minimum atomic E-state index is 0.258. The Morgan fingerprint density at radius 2 is 2.13 bits per heavy atom. The van der Waals surface area contributed by atoms with E-state index in [1.165, 1.54) is 29.8 Å². The van der Waals surface area contributed by atoms with Gasteiger partial charge in [-0.25, -0.2) is 0 Å². The lowest BCUT2D eigenvalue weighted by molar-refractivity contribution is -0.129.